The standard InChI is InChI=1S/C25H25FN4O3S2/c1-25(2)12-22-21(15-30(25)14-17-4-3-5-18(26)10-17)20(13-27)24(34-22)29-23(31)11-16-6-8-19(9-7-16)35(28,32)33/h3-10H,11-12,14-15H2,1-2H3,(H,29,31)(H2,28,32,33). The molecule has 182 valence electrons. The SMILES string of the molecule is CC1(C)Cc2sc(NC(=O)Cc3ccc(S(N)(=O)=O)cc3)c(C#N)c2CN1Cc1cccc(F)c1. The zero-order valence-corrected chi connectivity index (χ0v) is 21.0. The van der Waals surface area contributed by atoms with Crippen LogP contribution in [0.2, 0.25) is 0 Å². The van der Waals surface area contributed by atoms with Crippen molar-refractivity contribution in [2.75, 3.05) is 5.32 Å². The number of anilines is 1. The molecule has 3 N–H and O–H groups in total. The summed E-state index contributed by atoms with van der Waals surface area (Å²) in [6.45, 7) is 5.29. The minimum absolute atomic E-state index is 0.0233. The zero-order chi connectivity index (χ0) is 25.4. The number of hydrogen-bond donors (Lipinski definition) is 2. The molecule has 1 aromatic heterocycles. The van der Waals surface area contributed by atoms with Crippen molar-refractivity contribution in [3.8, 4) is 6.07 Å². The molecule has 0 aliphatic carbocycles. The number of hydrogen-bond acceptors (Lipinski definition) is 6. The van der Waals surface area contributed by atoms with Gasteiger partial charge >= 0.3 is 0 Å². The van der Waals surface area contributed by atoms with E-state index in [0.717, 1.165) is 16.0 Å². The van der Waals surface area contributed by atoms with Gasteiger partial charge in [0.2, 0.25) is 15.9 Å². The second kappa shape index (κ2) is 9.51. The number of thiophene rings is 1. The fourth-order valence-corrected chi connectivity index (χ4v) is 6.13. The number of nitrogens with zero attached hydrogens (tertiary/aromatic N) is 2. The number of primary sulfonamides is 1. The predicted octanol–water partition coefficient (Wildman–Crippen LogP) is 3.92. The highest BCUT2D eigenvalue weighted by molar-refractivity contribution is 7.89. The van der Waals surface area contributed by atoms with Gasteiger partial charge in [-0.1, -0.05) is 24.3 Å². The quantitative estimate of drug-likeness (QED) is 0.519. The van der Waals surface area contributed by atoms with Crippen LogP contribution in [0.15, 0.2) is 53.4 Å². The number of fused-ring (bicyclic) bond motifs is 1. The molecule has 2 heterocycles. The number of benzene rings is 2. The Balaban J connectivity index is 1.52. The highest BCUT2D eigenvalue weighted by Gasteiger charge is 2.36. The lowest BCUT2D eigenvalue weighted by molar-refractivity contribution is -0.115. The number of sulfonamides is 1. The smallest absolute Gasteiger partial charge is 0.238 e. The second-order valence-corrected chi connectivity index (χ2v) is 11.9. The molecule has 0 spiro atoms. The van der Waals surface area contributed by atoms with Crippen LogP contribution in [0.25, 0.3) is 0 Å². The van der Waals surface area contributed by atoms with Gasteiger partial charge in [-0.3, -0.25) is 9.69 Å². The maximum absolute atomic E-state index is 13.7. The lowest BCUT2D eigenvalue weighted by Gasteiger charge is -2.42. The van der Waals surface area contributed by atoms with E-state index in [0.29, 0.717) is 35.6 Å². The van der Waals surface area contributed by atoms with E-state index in [9.17, 15) is 22.9 Å². The van der Waals surface area contributed by atoms with Gasteiger partial charge in [-0.2, -0.15) is 5.26 Å². The van der Waals surface area contributed by atoms with Crippen molar-refractivity contribution in [2.24, 2.45) is 5.14 Å². The summed E-state index contributed by atoms with van der Waals surface area (Å²) in [5.74, 6) is -0.588. The number of rotatable bonds is 6. The molecular weight excluding hydrogens is 487 g/mol. The number of carbonyl (C=O) groups excluding carboxylic acids is 1. The van der Waals surface area contributed by atoms with Gasteiger partial charge in [0.25, 0.3) is 0 Å². The fourth-order valence-electron chi connectivity index (χ4n) is 4.22. The van der Waals surface area contributed by atoms with Gasteiger partial charge in [-0.25, -0.2) is 17.9 Å². The molecule has 0 saturated heterocycles. The molecule has 1 amide bonds. The summed E-state index contributed by atoms with van der Waals surface area (Å²) in [5.41, 5.74) is 2.60. The Morgan fingerprint density at radius 3 is 2.57 bits per heavy atom. The van der Waals surface area contributed by atoms with Gasteiger partial charge in [0.05, 0.1) is 16.9 Å². The molecule has 3 aromatic rings. The molecule has 35 heavy (non-hydrogen) atoms. The molecule has 1 aliphatic rings. The van der Waals surface area contributed by atoms with Crippen LogP contribution in [0.1, 0.15) is 41.0 Å². The van der Waals surface area contributed by atoms with E-state index in [1.165, 1.54) is 47.7 Å². The van der Waals surface area contributed by atoms with Gasteiger partial charge < -0.3 is 5.32 Å². The first-order chi connectivity index (χ1) is 16.5. The molecular formula is C25H25FN4O3S2. The summed E-state index contributed by atoms with van der Waals surface area (Å²) in [6, 6.07) is 14.5. The van der Waals surface area contributed by atoms with Crippen molar-refractivity contribution in [2.45, 2.75) is 50.2 Å². The molecule has 0 radical (unpaired) electrons. The molecule has 1 aliphatic heterocycles. The van der Waals surface area contributed by atoms with E-state index in [1.807, 2.05) is 6.07 Å². The number of nitriles is 1. The van der Waals surface area contributed by atoms with Crippen LogP contribution >= 0.6 is 11.3 Å². The number of nitrogens with one attached hydrogen (secondary N) is 1. The van der Waals surface area contributed by atoms with Crippen molar-refractivity contribution < 1.29 is 17.6 Å². The van der Waals surface area contributed by atoms with Gasteiger partial charge in [0.1, 0.15) is 16.9 Å². The maximum atomic E-state index is 13.7. The first kappa shape index (κ1) is 25.0. The predicted molar refractivity (Wildman–Crippen MR) is 133 cm³/mol. The lowest BCUT2D eigenvalue weighted by atomic mass is 9.89. The molecule has 4 rings (SSSR count). The first-order valence-electron chi connectivity index (χ1n) is 10.9. The largest absolute Gasteiger partial charge is 0.316 e. The average Bonchev–Trinajstić information content (AvgIpc) is 3.08. The minimum Gasteiger partial charge on any atom is -0.316 e. The van der Waals surface area contributed by atoms with Crippen LogP contribution in [-0.4, -0.2) is 24.8 Å². The Kier molecular flexibility index (Phi) is 6.79. The van der Waals surface area contributed by atoms with Gasteiger partial charge in [-0.15, -0.1) is 11.3 Å². The van der Waals surface area contributed by atoms with Gasteiger partial charge in [-0.05, 0) is 49.2 Å². The summed E-state index contributed by atoms with van der Waals surface area (Å²) in [6.07, 6.45) is 0.720. The van der Waals surface area contributed by atoms with Crippen molar-refractivity contribution in [1.29, 1.82) is 5.26 Å². The van der Waals surface area contributed by atoms with E-state index in [2.05, 4.69) is 30.1 Å². The molecule has 0 unspecified atom stereocenters. The molecule has 2 aromatic carbocycles. The van der Waals surface area contributed by atoms with Crippen molar-refractivity contribution in [3.05, 3.63) is 81.5 Å². The van der Waals surface area contributed by atoms with E-state index in [4.69, 9.17) is 5.14 Å². The highest BCUT2D eigenvalue weighted by atomic mass is 32.2. The van der Waals surface area contributed by atoms with Crippen LogP contribution in [-0.2, 0) is 40.7 Å². The lowest BCUT2D eigenvalue weighted by Crippen LogP contribution is -2.47. The van der Waals surface area contributed by atoms with Crippen molar-refractivity contribution >= 4 is 32.3 Å². The number of halogens is 1. The van der Waals surface area contributed by atoms with Crippen molar-refractivity contribution in [3.63, 3.8) is 0 Å². The molecule has 0 saturated carbocycles. The third-order valence-electron chi connectivity index (χ3n) is 6.13. The molecule has 10 heteroatoms. The van der Waals surface area contributed by atoms with Crippen molar-refractivity contribution in [1.82, 2.24) is 4.90 Å². The fraction of sp³-hybridized carbons (Fsp3) is 0.280. The number of carbonyl (C=O) groups is 1. The van der Waals surface area contributed by atoms with Gasteiger partial charge in [0.15, 0.2) is 0 Å². The van der Waals surface area contributed by atoms with Crippen LogP contribution in [0, 0.1) is 17.1 Å². The Hall–Kier alpha value is -3.10. The van der Waals surface area contributed by atoms with E-state index < -0.39 is 10.0 Å². The molecule has 0 fully saturated rings. The monoisotopic (exact) mass is 512 g/mol. The van der Waals surface area contributed by atoms with Crippen LogP contribution in [0.3, 0.4) is 0 Å². The topological polar surface area (TPSA) is 116 Å². The van der Waals surface area contributed by atoms with Crippen LogP contribution in [0.4, 0.5) is 9.39 Å². The van der Waals surface area contributed by atoms with Gasteiger partial charge in [0, 0.05) is 35.5 Å². The molecule has 0 bridgehead atoms. The summed E-state index contributed by atoms with van der Waals surface area (Å²) >= 11 is 1.41. The zero-order valence-electron chi connectivity index (χ0n) is 19.3. The summed E-state index contributed by atoms with van der Waals surface area (Å²) in [4.78, 5) is 16.0. The Morgan fingerprint density at radius 1 is 1.23 bits per heavy atom. The molecule has 0 atom stereocenters. The van der Waals surface area contributed by atoms with Crippen LogP contribution < -0.4 is 10.5 Å². The first-order valence-corrected chi connectivity index (χ1v) is 13.3. The minimum atomic E-state index is -3.80. The number of amides is 1. The third kappa shape index (κ3) is 5.60. The second-order valence-electron chi connectivity index (χ2n) is 9.21. The van der Waals surface area contributed by atoms with E-state index in [1.54, 1.807) is 6.07 Å². The normalized spacial score (nSPS) is 15.3. The summed E-state index contributed by atoms with van der Waals surface area (Å²) < 4.78 is 36.5. The Labute approximate surface area is 208 Å². The van der Waals surface area contributed by atoms with E-state index in [-0.39, 0.29) is 28.6 Å². The Bertz CT molecular complexity index is 1420. The average molecular weight is 513 g/mol. The Morgan fingerprint density at radius 2 is 1.94 bits per heavy atom. The van der Waals surface area contributed by atoms with E-state index >= 15 is 0 Å². The summed E-state index contributed by atoms with van der Waals surface area (Å²) in [7, 11) is -3.80. The third-order valence-corrected chi connectivity index (χ3v) is 8.21. The number of nitrogens with two attached hydrogens (primary N) is 1. The summed E-state index contributed by atoms with van der Waals surface area (Å²) in [5, 5.41) is 18.4. The maximum Gasteiger partial charge on any atom is 0.238 e. The molecule has 7 nitrogen and oxygen atoms in total. The highest BCUT2D eigenvalue weighted by Crippen LogP contribution is 2.42. The van der Waals surface area contributed by atoms with Crippen LogP contribution in [0.5, 0.6) is 0 Å².